The zero-order valence-electron chi connectivity index (χ0n) is 16.4. The molecule has 3 rings (SSSR count). The second-order valence-corrected chi connectivity index (χ2v) is 7.00. The third-order valence-electron chi connectivity index (χ3n) is 4.86. The van der Waals surface area contributed by atoms with E-state index in [0.29, 0.717) is 31.7 Å². The zero-order chi connectivity index (χ0) is 20.3. The SMILES string of the molecule is Cc1cc(C)c(C(=O)OCC(=O)N2CCN(C(=O)c3ccco3)CC2)c(C)c1. The van der Waals surface area contributed by atoms with E-state index in [0.717, 1.165) is 16.7 Å². The average molecular weight is 384 g/mol. The number of amides is 2. The molecule has 1 aromatic carbocycles. The van der Waals surface area contributed by atoms with Gasteiger partial charge >= 0.3 is 5.97 Å². The Morgan fingerprint density at radius 2 is 1.61 bits per heavy atom. The van der Waals surface area contributed by atoms with Crippen LogP contribution in [0.1, 0.15) is 37.6 Å². The van der Waals surface area contributed by atoms with Crippen molar-refractivity contribution >= 4 is 17.8 Å². The molecule has 1 aromatic heterocycles. The van der Waals surface area contributed by atoms with E-state index >= 15 is 0 Å². The van der Waals surface area contributed by atoms with Crippen molar-refractivity contribution in [3.63, 3.8) is 0 Å². The number of hydrogen-bond donors (Lipinski definition) is 0. The second kappa shape index (κ2) is 8.29. The van der Waals surface area contributed by atoms with E-state index in [1.54, 1.807) is 21.9 Å². The first-order chi connectivity index (χ1) is 13.4. The van der Waals surface area contributed by atoms with Gasteiger partial charge in [0.05, 0.1) is 11.8 Å². The number of carbonyl (C=O) groups is 3. The highest BCUT2D eigenvalue weighted by atomic mass is 16.5. The Labute approximate surface area is 163 Å². The summed E-state index contributed by atoms with van der Waals surface area (Å²) >= 11 is 0. The quantitative estimate of drug-likeness (QED) is 0.756. The number of ether oxygens (including phenoxy) is 1. The number of piperazine rings is 1. The molecule has 2 amide bonds. The first-order valence-electron chi connectivity index (χ1n) is 9.22. The Hall–Kier alpha value is -3.09. The number of hydrogen-bond acceptors (Lipinski definition) is 5. The molecule has 0 unspecified atom stereocenters. The predicted octanol–water partition coefficient (Wildman–Crippen LogP) is 2.35. The Morgan fingerprint density at radius 3 is 2.18 bits per heavy atom. The Morgan fingerprint density at radius 1 is 1.00 bits per heavy atom. The first kappa shape index (κ1) is 19.7. The van der Waals surface area contributed by atoms with Crippen LogP contribution < -0.4 is 0 Å². The molecule has 28 heavy (non-hydrogen) atoms. The third kappa shape index (κ3) is 4.24. The van der Waals surface area contributed by atoms with Gasteiger partial charge in [-0.2, -0.15) is 0 Å². The maximum Gasteiger partial charge on any atom is 0.339 e. The van der Waals surface area contributed by atoms with Crippen molar-refractivity contribution in [3.8, 4) is 0 Å². The van der Waals surface area contributed by atoms with E-state index in [1.807, 2.05) is 32.9 Å². The molecule has 2 aromatic rings. The summed E-state index contributed by atoms with van der Waals surface area (Å²) in [5.74, 6) is -0.651. The van der Waals surface area contributed by atoms with Gasteiger partial charge in [0.15, 0.2) is 12.4 Å². The van der Waals surface area contributed by atoms with Crippen molar-refractivity contribution in [2.24, 2.45) is 0 Å². The minimum atomic E-state index is -0.491. The topological polar surface area (TPSA) is 80.1 Å². The lowest BCUT2D eigenvalue weighted by molar-refractivity contribution is -0.136. The van der Waals surface area contributed by atoms with Gasteiger partial charge in [0.2, 0.25) is 0 Å². The van der Waals surface area contributed by atoms with Gasteiger partial charge in [-0.1, -0.05) is 17.7 Å². The molecule has 1 saturated heterocycles. The zero-order valence-corrected chi connectivity index (χ0v) is 16.4. The molecule has 1 aliphatic heterocycles. The molecule has 1 fully saturated rings. The molecule has 0 atom stereocenters. The van der Waals surface area contributed by atoms with Gasteiger partial charge in [0.1, 0.15) is 0 Å². The van der Waals surface area contributed by atoms with Gasteiger partial charge in [-0.05, 0) is 44.0 Å². The van der Waals surface area contributed by atoms with E-state index in [9.17, 15) is 14.4 Å². The smallest absolute Gasteiger partial charge is 0.339 e. The van der Waals surface area contributed by atoms with Crippen LogP contribution in [0.15, 0.2) is 34.9 Å². The standard InChI is InChI=1S/C21H24N2O5/c1-14-11-15(2)19(16(3)12-14)21(26)28-13-18(24)22-6-8-23(9-7-22)20(25)17-5-4-10-27-17/h4-5,10-12H,6-9,13H2,1-3H3. The highest BCUT2D eigenvalue weighted by Crippen LogP contribution is 2.17. The lowest BCUT2D eigenvalue weighted by Gasteiger charge is -2.34. The Bertz CT molecular complexity index is 857. The summed E-state index contributed by atoms with van der Waals surface area (Å²) in [5.41, 5.74) is 3.25. The van der Waals surface area contributed by atoms with Crippen molar-refractivity contribution in [3.05, 3.63) is 58.5 Å². The third-order valence-corrected chi connectivity index (χ3v) is 4.86. The fourth-order valence-electron chi connectivity index (χ4n) is 3.51. The summed E-state index contributed by atoms with van der Waals surface area (Å²) in [7, 11) is 0. The van der Waals surface area contributed by atoms with Crippen molar-refractivity contribution in [1.82, 2.24) is 9.80 Å². The van der Waals surface area contributed by atoms with E-state index in [-0.39, 0.29) is 24.2 Å². The minimum Gasteiger partial charge on any atom is -0.459 e. The van der Waals surface area contributed by atoms with Crippen molar-refractivity contribution < 1.29 is 23.5 Å². The summed E-state index contributed by atoms with van der Waals surface area (Å²) in [5, 5.41) is 0. The Balaban J connectivity index is 1.51. The number of furan rings is 1. The van der Waals surface area contributed by atoms with E-state index < -0.39 is 5.97 Å². The van der Waals surface area contributed by atoms with Crippen LogP contribution in [0.2, 0.25) is 0 Å². The fourth-order valence-corrected chi connectivity index (χ4v) is 3.51. The molecule has 0 bridgehead atoms. The summed E-state index contributed by atoms with van der Waals surface area (Å²) < 4.78 is 10.4. The van der Waals surface area contributed by atoms with Gasteiger partial charge in [-0.15, -0.1) is 0 Å². The number of esters is 1. The van der Waals surface area contributed by atoms with E-state index in [4.69, 9.17) is 9.15 Å². The molecule has 1 aliphatic rings. The van der Waals surface area contributed by atoms with Crippen LogP contribution in [-0.4, -0.2) is 60.4 Å². The molecular weight excluding hydrogens is 360 g/mol. The number of benzene rings is 1. The number of aryl methyl sites for hydroxylation is 3. The molecule has 0 saturated carbocycles. The van der Waals surface area contributed by atoms with Gasteiger partial charge < -0.3 is 19.0 Å². The van der Waals surface area contributed by atoms with Crippen molar-refractivity contribution in [2.45, 2.75) is 20.8 Å². The molecule has 7 heteroatoms. The first-order valence-corrected chi connectivity index (χ1v) is 9.22. The van der Waals surface area contributed by atoms with Crippen molar-refractivity contribution in [2.75, 3.05) is 32.8 Å². The van der Waals surface area contributed by atoms with Crippen LogP contribution in [0.3, 0.4) is 0 Å². The van der Waals surface area contributed by atoms with Crippen LogP contribution in [-0.2, 0) is 9.53 Å². The largest absolute Gasteiger partial charge is 0.459 e. The summed E-state index contributed by atoms with van der Waals surface area (Å²) in [6.45, 7) is 6.98. The van der Waals surface area contributed by atoms with Crippen LogP contribution >= 0.6 is 0 Å². The predicted molar refractivity (Wildman–Crippen MR) is 102 cm³/mol. The highest BCUT2D eigenvalue weighted by Gasteiger charge is 2.26. The highest BCUT2D eigenvalue weighted by molar-refractivity contribution is 5.94. The number of nitrogens with zero attached hydrogens (tertiary/aromatic N) is 2. The maximum absolute atomic E-state index is 12.4. The molecule has 2 heterocycles. The molecule has 0 N–H and O–H groups in total. The lowest BCUT2D eigenvalue weighted by Crippen LogP contribution is -2.51. The minimum absolute atomic E-state index is 0.186. The van der Waals surface area contributed by atoms with Crippen LogP contribution in [0, 0.1) is 20.8 Å². The molecule has 0 radical (unpaired) electrons. The number of rotatable bonds is 4. The lowest BCUT2D eigenvalue weighted by atomic mass is 10.00. The average Bonchev–Trinajstić information content (AvgIpc) is 3.19. The molecule has 148 valence electrons. The fraction of sp³-hybridized carbons (Fsp3) is 0.381. The second-order valence-electron chi connectivity index (χ2n) is 7.00. The van der Waals surface area contributed by atoms with Crippen LogP contribution in [0.4, 0.5) is 0 Å². The maximum atomic E-state index is 12.4. The van der Waals surface area contributed by atoms with Gasteiger partial charge in [0, 0.05) is 26.2 Å². The van der Waals surface area contributed by atoms with Crippen molar-refractivity contribution in [1.29, 1.82) is 0 Å². The van der Waals surface area contributed by atoms with Crippen LogP contribution in [0.5, 0.6) is 0 Å². The molecular formula is C21H24N2O5. The normalized spacial score (nSPS) is 14.1. The van der Waals surface area contributed by atoms with Crippen LogP contribution in [0.25, 0.3) is 0 Å². The van der Waals surface area contributed by atoms with Gasteiger partial charge in [-0.3, -0.25) is 9.59 Å². The molecule has 0 spiro atoms. The van der Waals surface area contributed by atoms with Gasteiger partial charge in [-0.25, -0.2) is 4.79 Å². The van der Waals surface area contributed by atoms with Gasteiger partial charge in [0.25, 0.3) is 11.8 Å². The summed E-state index contributed by atoms with van der Waals surface area (Å²) in [4.78, 5) is 40.3. The monoisotopic (exact) mass is 384 g/mol. The summed E-state index contributed by atoms with van der Waals surface area (Å²) in [6, 6.07) is 7.12. The van der Waals surface area contributed by atoms with E-state index in [1.165, 1.54) is 6.26 Å². The molecule has 0 aliphatic carbocycles. The Kier molecular flexibility index (Phi) is 5.82. The summed E-state index contributed by atoms with van der Waals surface area (Å²) in [6.07, 6.45) is 1.46. The molecule has 7 nitrogen and oxygen atoms in total. The number of carbonyl (C=O) groups excluding carboxylic acids is 3. The van der Waals surface area contributed by atoms with E-state index in [2.05, 4.69) is 0 Å².